The first-order valence-corrected chi connectivity index (χ1v) is 7.24. The van der Waals surface area contributed by atoms with Crippen molar-refractivity contribution in [2.24, 2.45) is 0 Å². The minimum absolute atomic E-state index is 0.00277. The second kappa shape index (κ2) is 6.31. The van der Waals surface area contributed by atoms with E-state index >= 15 is 0 Å². The van der Waals surface area contributed by atoms with Gasteiger partial charge in [0.2, 0.25) is 5.76 Å². The van der Waals surface area contributed by atoms with Gasteiger partial charge in [0.1, 0.15) is 0 Å². The summed E-state index contributed by atoms with van der Waals surface area (Å²) >= 11 is 0. The van der Waals surface area contributed by atoms with E-state index in [9.17, 15) is 19.1 Å². The molecule has 1 unspecified atom stereocenters. The number of carboxylic acid groups (broad SMARTS) is 1. The van der Waals surface area contributed by atoms with Gasteiger partial charge >= 0.3 is 5.97 Å². The molecule has 8 heteroatoms. The summed E-state index contributed by atoms with van der Waals surface area (Å²) in [6.45, 7) is 0. The van der Waals surface area contributed by atoms with E-state index in [2.05, 4.69) is 0 Å². The van der Waals surface area contributed by atoms with Gasteiger partial charge in [-0.15, -0.1) is 0 Å². The molecule has 1 aromatic carbocycles. The molecule has 1 aromatic heterocycles. The summed E-state index contributed by atoms with van der Waals surface area (Å²) in [6, 6.07) is 8.58. The van der Waals surface area contributed by atoms with E-state index in [0.29, 0.717) is 6.42 Å². The van der Waals surface area contributed by atoms with Crippen molar-refractivity contribution in [1.29, 1.82) is 0 Å². The summed E-state index contributed by atoms with van der Waals surface area (Å²) in [5.74, 6) is -1.23. The van der Waals surface area contributed by atoms with Gasteiger partial charge in [0.25, 0.3) is 5.69 Å². The third kappa shape index (κ3) is 3.76. The number of carboxylic acids is 1. The maximum atomic E-state index is 11.9. The summed E-state index contributed by atoms with van der Waals surface area (Å²) in [5.41, 5.74) is 0.802. The van der Waals surface area contributed by atoms with Crippen molar-refractivity contribution in [1.82, 2.24) is 0 Å². The lowest BCUT2D eigenvalue weighted by atomic mass is 10.1. The number of non-ortho nitro benzene ring substituents is 1. The molecule has 0 radical (unpaired) electrons. The van der Waals surface area contributed by atoms with Crippen LogP contribution in [-0.4, -0.2) is 26.0 Å². The second-order valence-electron chi connectivity index (χ2n) is 4.15. The lowest BCUT2D eigenvalue weighted by Crippen LogP contribution is -2.01. The van der Waals surface area contributed by atoms with Crippen LogP contribution < -0.4 is 0 Å². The Hall–Kier alpha value is -2.48. The van der Waals surface area contributed by atoms with Crippen LogP contribution in [0, 0.1) is 10.1 Å². The van der Waals surface area contributed by atoms with Crippen LogP contribution in [0.1, 0.15) is 16.1 Å². The van der Waals surface area contributed by atoms with Gasteiger partial charge in [0, 0.05) is 17.9 Å². The molecule has 110 valence electrons. The first kappa shape index (κ1) is 14.9. The molecule has 0 saturated heterocycles. The Bertz CT molecular complexity index is 691. The minimum atomic E-state index is -1.46. The van der Waals surface area contributed by atoms with Crippen LogP contribution in [0.2, 0.25) is 0 Å². The van der Waals surface area contributed by atoms with Crippen LogP contribution in [-0.2, 0) is 17.2 Å². The average Bonchev–Trinajstić information content (AvgIpc) is 2.95. The van der Waals surface area contributed by atoms with Gasteiger partial charge in [-0.25, -0.2) is 4.79 Å². The van der Waals surface area contributed by atoms with Gasteiger partial charge in [0.05, 0.1) is 15.7 Å². The molecule has 0 spiro atoms. The quantitative estimate of drug-likeness (QED) is 0.647. The van der Waals surface area contributed by atoms with E-state index in [1.807, 2.05) is 0 Å². The molecule has 1 heterocycles. The number of rotatable bonds is 6. The number of nitro benzene ring substituents is 1. The monoisotopic (exact) mass is 309 g/mol. The maximum absolute atomic E-state index is 11.9. The number of aromatic carboxylic acids is 1. The molecule has 0 fully saturated rings. The number of nitrogens with zero attached hydrogens (tertiary/aromatic N) is 1. The zero-order valence-electron chi connectivity index (χ0n) is 10.7. The van der Waals surface area contributed by atoms with Crippen LogP contribution in [0.15, 0.2) is 45.9 Å². The zero-order valence-corrected chi connectivity index (χ0v) is 11.5. The number of furan rings is 1. The summed E-state index contributed by atoms with van der Waals surface area (Å²) in [5, 5.41) is 19.3. The van der Waals surface area contributed by atoms with Gasteiger partial charge in [-0.3, -0.25) is 14.3 Å². The number of carbonyl (C=O) groups is 1. The number of benzene rings is 1. The van der Waals surface area contributed by atoms with Crippen molar-refractivity contribution in [3.05, 3.63) is 57.8 Å². The van der Waals surface area contributed by atoms with Crippen molar-refractivity contribution < 1.29 is 23.5 Å². The van der Waals surface area contributed by atoms with Gasteiger partial charge in [-0.2, -0.15) is 0 Å². The Labute approximate surface area is 121 Å². The lowest BCUT2D eigenvalue weighted by molar-refractivity contribution is -0.384. The third-order valence-corrected chi connectivity index (χ3v) is 3.98. The third-order valence-electron chi connectivity index (χ3n) is 2.74. The molecule has 2 rings (SSSR count). The smallest absolute Gasteiger partial charge is 0.371 e. The SMILES string of the molecule is O=C(O)c1ccc(S(=O)CCc2ccc([N+](=O)[O-])cc2)o1. The van der Waals surface area contributed by atoms with E-state index < -0.39 is 21.7 Å². The largest absolute Gasteiger partial charge is 0.475 e. The average molecular weight is 309 g/mol. The second-order valence-corrected chi connectivity index (χ2v) is 5.65. The zero-order chi connectivity index (χ0) is 15.4. The number of hydrogen-bond donors (Lipinski definition) is 1. The molecular formula is C13H11NO6S. The van der Waals surface area contributed by atoms with Crippen molar-refractivity contribution in [3.63, 3.8) is 0 Å². The van der Waals surface area contributed by atoms with Crippen molar-refractivity contribution >= 4 is 22.5 Å². The van der Waals surface area contributed by atoms with Gasteiger partial charge < -0.3 is 9.52 Å². The fourth-order valence-corrected chi connectivity index (χ4v) is 2.68. The predicted molar refractivity (Wildman–Crippen MR) is 73.7 cm³/mol. The molecule has 7 nitrogen and oxygen atoms in total. The maximum Gasteiger partial charge on any atom is 0.371 e. The fourth-order valence-electron chi connectivity index (χ4n) is 1.65. The fraction of sp³-hybridized carbons (Fsp3) is 0.154. The van der Waals surface area contributed by atoms with Crippen molar-refractivity contribution in [2.75, 3.05) is 5.75 Å². The molecule has 0 bridgehead atoms. The van der Waals surface area contributed by atoms with E-state index in [0.717, 1.165) is 5.56 Å². The number of hydrogen-bond acceptors (Lipinski definition) is 5. The van der Waals surface area contributed by atoms with Crippen LogP contribution in [0.25, 0.3) is 0 Å². The van der Waals surface area contributed by atoms with Gasteiger partial charge in [-0.1, -0.05) is 12.1 Å². The van der Waals surface area contributed by atoms with E-state index in [4.69, 9.17) is 9.52 Å². The molecule has 1 atom stereocenters. The molecule has 0 aliphatic heterocycles. The van der Waals surface area contributed by atoms with Crippen LogP contribution in [0.5, 0.6) is 0 Å². The summed E-state index contributed by atoms with van der Waals surface area (Å²) in [6.07, 6.45) is 0.438. The Balaban J connectivity index is 1.97. The van der Waals surface area contributed by atoms with Crippen molar-refractivity contribution in [2.45, 2.75) is 11.5 Å². The molecule has 0 aliphatic carbocycles. The molecule has 2 aromatic rings. The first-order chi connectivity index (χ1) is 9.97. The van der Waals surface area contributed by atoms with E-state index in [-0.39, 0.29) is 22.3 Å². The Morgan fingerprint density at radius 2 is 1.90 bits per heavy atom. The minimum Gasteiger partial charge on any atom is -0.475 e. The molecule has 0 saturated carbocycles. The van der Waals surface area contributed by atoms with Crippen LogP contribution in [0.3, 0.4) is 0 Å². The lowest BCUT2D eigenvalue weighted by Gasteiger charge is -2.00. The highest BCUT2D eigenvalue weighted by molar-refractivity contribution is 7.84. The number of nitro groups is 1. The normalized spacial score (nSPS) is 12.0. The molecule has 0 aliphatic rings. The number of aryl methyl sites for hydroxylation is 1. The molecule has 21 heavy (non-hydrogen) atoms. The summed E-state index contributed by atoms with van der Waals surface area (Å²) < 4.78 is 16.9. The van der Waals surface area contributed by atoms with Crippen molar-refractivity contribution in [3.8, 4) is 0 Å². The van der Waals surface area contributed by atoms with E-state index in [1.165, 1.54) is 24.3 Å². The summed E-state index contributed by atoms with van der Waals surface area (Å²) in [7, 11) is -1.46. The Morgan fingerprint density at radius 3 is 2.43 bits per heavy atom. The van der Waals surface area contributed by atoms with E-state index in [1.54, 1.807) is 12.1 Å². The standard InChI is InChI=1S/C13H11NO6S/c15-13(16)11-5-6-12(20-11)21(19)8-7-9-1-3-10(4-2-9)14(17)18/h1-6H,7-8H2,(H,15,16). The molecule has 0 amide bonds. The predicted octanol–water partition coefficient (Wildman–Crippen LogP) is 2.24. The highest BCUT2D eigenvalue weighted by Gasteiger charge is 2.14. The highest BCUT2D eigenvalue weighted by Crippen LogP contribution is 2.15. The van der Waals surface area contributed by atoms with Gasteiger partial charge in [-0.05, 0) is 24.1 Å². The van der Waals surface area contributed by atoms with Crippen LogP contribution in [0.4, 0.5) is 5.69 Å². The highest BCUT2D eigenvalue weighted by atomic mass is 32.2. The van der Waals surface area contributed by atoms with Gasteiger partial charge in [0.15, 0.2) is 5.09 Å². The van der Waals surface area contributed by atoms with Crippen LogP contribution >= 0.6 is 0 Å². The Morgan fingerprint density at radius 1 is 1.24 bits per heavy atom. The Kier molecular flexibility index (Phi) is 4.49. The molecular weight excluding hydrogens is 298 g/mol. The first-order valence-electron chi connectivity index (χ1n) is 5.92. The molecule has 1 N–H and O–H groups in total. The summed E-state index contributed by atoms with van der Waals surface area (Å²) in [4.78, 5) is 20.7. The topological polar surface area (TPSA) is 111 Å².